The Morgan fingerprint density at radius 2 is 1.73 bits per heavy atom. The number of fused-ring (bicyclic) bond motifs is 1. The number of carbonyl (C=O) groups is 1. The van der Waals surface area contributed by atoms with E-state index < -0.39 is 0 Å². The Balaban J connectivity index is 1.75. The van der Waals surface area contributed by atoms with E-state index in [0.717, 1.165) is 16.7 Å². The SMILES string of the molecule is CNC(=O)COc1cccc(-c2ccnc3cc(-c4cc(OC)c(OC)c(OC)c4)oc23)c1. The largest absolute Gasteiger partial charge is 0.493 e. The highest BCUT2D eigenvalue weighted by atomic mass is 16.5. The van der Waals surface area contributed by atoms with Crippen LogP contribution in [0.5, 0.6) is 23.0 Å². The molecule has 2 aromatic carbocycles. The van der Waals surface area contributed by atoms with E-state index in [0.29, 0.717) is 39.9 Å². The van der Waals surface area contributed by atoms with Crippen LogP contribution >= 0.6 is 0 Å². The average molecular weight is 448 g/mol. The lowest BCUT2D eigenvalue weighted by Crippen LogP contribution is -2.24. The minimum atomic E-state index is -0.201. The van der Waals surface area contributed by atoms with Crippen LogP contribution in [0.25, 0.3) is 33.6 Å². The number of pyridine rings is 1. The van der Waals surface area contributed by atoms with Crippen LogP contribution in [0, 0.1) is 0 Å². The number of amides is 1. The van der Waals surface area contributed by atoms with Crippen molar-refractivity contribution < 1.29 is 28.2 Å². The molecule has 4 aromatic rings. The molecule has 0 saturated carbocycles. The van der Waals surface area contributed by atoms with Crippen molar-refractivity contribution in [3.8, 4) is 45.4 Å². The first-order valence-electron chi connectivity index (χ1n) is 10.2. The normalized spacial score (nSPS) is 10.7. The number of hydrogen-bond acceptors (Lipinski definition) is 7. The lowest BCUT2D eigenvalue weighted by molar-refractivity contribution is -0.122. The molecule has 33 heavy (non-hydrogen) atoms. The third kappa shape index (κ3) is 4.41. The van der Waals surface area contributed by atoms with E-state index >= 15 is 0 Å². The first-order chi connectivity index (χ1) is 16.1. The number of benzene rings is 2. The van der Waals surface area contributed by atoms with Crippen molar-refractivity contribution in [1.29, 1.82) is 0 Å². The number of aromatic nitrogens is 1. The van der Waals surface area contributed by atoms with Crippen LogP contribution < -0.4 is 24.3 Å². The Morgan fingerprint density at radius 1 is 0.970 bits per heavy atom. The van der Waals surface area contributed by atoms with Crippen molar-refractivity contribution in [1.82, 2.24) is 10.3 Å². The zero-order valence-electron chi connectivity index (χ0n) is 18.8. The van der Waals surface area contributed by atoms with Gasteiger partial charge in [-0.25, -0.2) is 0 Å². The molecule has 0 radical (unpaired) electrons. The molecule has 8 nitrogen and oxygen atoms in total. The lowest BCUT2D eigenvalue weighted by Gasteiger charge is -2.13. The van der Waals surface area contributed by atoms with Gasteiger partial charge < -0.3 is 28.7 Å². The van der Waals surface area contributed by atoms with E-state index in [2.05, 4.69) is 10.3 Å². The van der Waals surface area contributed by atoms with Gasteiger partial charge in [-0.05, 0) is 35.9 Å². The number of ether oxygens (including phenoxy) is 4. The summed E-state index contributed by atoms with van der Waals surface area (Å²) in [6, 6.07) is 14.9. The first-order valence-corrected chi connectivity index (χ1v) is 10.2. The summed E-state index contributed by atoms with van der Waals surface area (Å²) in [5, 5.41) is 2.53. The third-order valence-electron chi connectivity index (χ3n) is 5.15. The number of hydrogen-bond donors (Lipinski definition) is 1. The fraction of sp³-hybridized carbons (Fsp3) is 0.200. The maximum absolute atomic E-state index is 11.5. The summed E-state index contributed by atoms with van der Waals surface area (Å²) in [5.74, 6) is 2.55. The number of nitrogens with zero attached hydrogens (tertiary/aromatic N) is 1. The van der Waals surface area contributed by atoms with Crippen molar-refractivity contribution in [3.05, 3.63) is 54.7 Å². The van der Waals surface area contributed by atoms with Crippen molar-refractivity contribution in [2.45, 2.75) is 0 Å². The van der Waals surface area contributed by atoms with Gasteiger partial charge in [0.15, 0.2) is 23.7 Å². The van der Waals surface area contributed by atoms with E-state index in [1.165, 1.54) is 0 Å². The predicted molar refractivity (Wildman–Crippen MR) is 124 cm³/mol. The molecule has 0 fully saturated rings. The second-order valence-corrected chi connectivity index (χ2v) is 7.09. The van der Waals surface area contributed by atoms with E-state index in [-0.39, 0.29) is 12.5 Å². The maximum Gasteiger partial charge on any atom is 0.257 e. The average Bonchev–Trinajstić information content (AvgIpc) is 3.31. The quantitative estimate of drug-likeness (QED) is 0.429. The van der Waals surface area contributed by atoms with Crippen molar-refractivity contribution in [2.75, 3.05) is 35.0 Å². The van der Waals surface area contributed by atoms with Gasteiger partial charge in [0.25, 0.3) is 5.91 Å². The number of furan rings is 1. The van der Waals surface area contributed by atoms with Gasteiger partial charge in [0.1, 0.15) is 17.0 Å². The molecule has 0 unspecified atom stereocenters. The smallest absolute Gasteiger partial charge is 0.257 e. The first kappa shape index (κ1) is 22.0. The Morgan fingerprint density at radius 3 is 2.39 bits per heavy atom. The van der Waals surface area contributed by atoms with Gasteiger partial charge in [0.05, 0.1) is 21.3 Å². The van der Waals surface area contributed by atoms with Crippen LogP contribution in [0.15, 0.2) is 59.1 Å². The molecule has 8 heteroatoms. The summed E-state index contributed by atoms with van der Waals surface area (Å²) in [7, 11) is 6.26. The van der Waals surface area contributed by atoms with Gasteiger partial charge in [0, 0.05) is 30.4 Å². The molecule has 2 aromatic heterocycles. The molecular formula is C25H24N2O6. The Labute approximate surface area is 191 Å². The summed E-state index contributed by atoms with van der Waals surface area (Å²) in [6.45, 7) is -0.0578. The molecule has 0 saturated heterocycles. The van der Waals surface area contributed by atoms with E-state index in [9.17, 15) is 4.79 Å². The zero-order chi connectivity index (χ0) is 23.4. The Bertz CT molecular complexity index is 1270. The summed E-state index contributed by atoms with van der Waals surface area (Å²) in [4.78, 5) is 16.0. The molecule has 0 atom stereocenters. The molecule has 0 aliphatic carbocycles. The molecular weight excluding hydrogens is 424 g/mol. The second-order valence-electron chi connectivity index (χ2n) is 7.09. The van der Waals surface area contributed by atoms with Crippen LogP contribution in [0.2, 0.25) is 0 Å². The van der Waals surface area contributed by atoms with Gasteiger partial charge >= 0.3 is 0 Å². The molecule has 0 aliphatic heterocycles. The summed E-state index contributed by atoms with van der Waals surface area (Å²) in [5.41, 5.74) is 3.82. The highest BCUT2D eigenvalue weighted by molar-refractivity contribution is 5.92. The number of nitrogens with one attached hydrogen (secondary N) is 1. The minimum absolute atomic E-state index is 0.0578. The van der Waals surface area contributed by atoms with Crippen LogP contribution in [0.4, 0.5) is 0 Å². The highest BCUT2D eigenvalue weighted by Crippen LogP contribution is 2.43. The molecule has 0 bridgehead atoms. The minimum Gasteiger partial charge on any atom is -0.493 e. The molecule has 0 spiro atoms. The fourth-order valence-corrected chi connectivity index (χ4v) is 3.51. The maximum atomic E-state index is 11.5. The molecule has 170 valence electrons. The molecule has 0 aliphatic rings. The van der Waals surface area contributed by atoms with Crippen molar-refractivity contribution >= 4 is 17.0 Å². The van der Waals surface area contributed by atoms with Crippen LogP contribution in [-0.2, 0) is 4.79 Å². The van der Waals surface area contributed by atoms with Gasteiger partial charge in [-0.1, -0.05) is 12.1 Å². The van der Waals surface area contributed by atoms with Gasteiger partial charge in [-0.2, -0.15) is 0 Å². The fourth-order valence-electron chi connectivity index (χ4n) is 3.51. The monoisotopic (exact) mass is 448 g/mol. The van der Waals surface area contributed by atoms with E-state index in [1.807, 2.05) is 42.5 Å². The van der Waals surface area contributed by atoms with Crippen LogP contribution in [-0.4, -0.2) is 45.9 Å². The van der Waals surface area contributed by atoms with Gasteiger partial charge in [0.2, 0.25) is 5.75 Å². The van der Waals surface area contributed by atoms with Gasteiger partial charge in [-0.15, -0.1) is 0 Å². The van der Waals surface area contributed by atoms with Crippen molar-refractivity contribution in [2.24, 2.45) is 0 Å². The summed E-state index contributed by atoms with van der Waals surface area (Å²) < 4.78 is 28.2. The summed E-state index contributed by atoms with van der Waals surface area (Å²) >= 11 is 0. The lowest BCUT2D eigenvalue weighted by atomic mass is 10.1. The molecule has 1 amide bonds. The zero-order valence-corrected chi connectivity index (χ0v) is 18.8. The number of methoxy groups -OCH3 is 3. The molecule has 1 N–H and O–H groups in total. The number of carbonyl (C=O) groups excluding carboxylic acids is 1. The second kappa shape index (κ2) is 9.52. The molecule has 2 heterocycles. The van der Waals surface area contributed by atoms with E-state index in [4.69, 9.17) is 23.4 Å². The van der Waals surface area contributed by atoms with Crippen LogP contribution in [0.1, 0.15) is 0 Å². The summed E-state index contributed by atoms with van der Waals surface area (Å²) in [6.07, 6.45) is 1.73. The Hall–Kier alpha value is -4.20. The third-order valence-corrected chi connectivity index (χ3v) is 5.15. The number of rotatable bonds is 8. The standard InChI is InChI=1S/C25H24N2O6/c1-26-23(28)14-32-17-7-5-6-15(10-17)18-8-9-27-19-13-20(33-24(18)19)16-11-21(29-2)25(31-4)22(12-16)30-3/h5-13H,14H2,1-4H3,(H,26,28). The predicted octanol–water partition coefficient (Wildman–Crippen LogP) is 4.31. The van der Waals surface area contributed by atoms with Crippen molar-refractivity contribution in [3.63, 3.8) is 0 Å². The Kier molecular flexibility index (Phi) is 6.35. The number of likely N-dealkylation sites (N-methyl/N-ethyl adjacent to an activating group) is 1. The highest BCUT2D eigenvalue weighted by Gasteiger charge is 2.18. The van der Waals surface area contributed by atoms with Gasteiger partial charge in [-0.3, -0.25) is 9.78 Å². The molecule has 4 rings (SSSR count). The topological polar surface area (TPSA) is 92.1 Å². The van der Waals surface area contributed by atoms with Crippen LogP contribution in [0.3, 0.4) is 0 Å². The van der Waals surface area contributed by atoms with E-state index in [1.54, 1.807) is 40.6 Å².